The lowest BCUT2D eigenvalue weighted by Gasteiger charge is -2.33. The van der Waals surface area contributed by atoms with E-state index in [-0.39, 0.29) is 29.7 Å². The Hall–Kier alpha value is -3.36. The summed E-state index contributed by atoms with van der Waals surface area (Å²) in [6.45, 7) is 2.31. The van der Waals surface area contributed by atoms with Crippen LogP contribution in [0, 0.1) is 5.92 Å². The summed E-state index contributed by atoms with van der Waals surface area (Å²) in [5, 5.41) is 0.151. The van der Waals surface area contributed by atoms with E-state index in [9.17, 15) is 9.59 Å². The van der Waals surface area contributed by atoms with Crippen LogP contribution in [0.5, 0.6) is 5.75 Å². The highest BCUT2D eigenvalue weighted by atomic mass is 35.5. The molecule has 0 N–H and O–H groups in total. The molecule has 1 aliphatic rings. The van der Waals surface area contributed by atoms with Gasteiger partial charge in [0.15, 0.2) is 11.0 Å². The molecule has 1 aliphatic heterocycles. The van der Waals surface area contributed by atoms with Gasteiger partial charge in [0.05, 0.1) is 12.8 Å². The summed E-state index contributed by atoms with van der Waals surface area (Å²) in [7, 11) is 5.73. The van der Waals surface area contributed by atoms with Gasteiger partial charge in [-0.25, -0.2) is 4.98 Å². The van der Waals surface area contributed by atoms with Crippen LogP contribution in [0.3, 0.4) is 0 Å². The van der Waals surface area contributed by atoms with Crippen molar-refractivity contribution in [2.24, 2.45) is 5.92 Å². The van der Waals surface area contributed by atoms with Gasteiger partial charge < -0.3 is 19.3 Å². The number of anilines is 1. The molecule has 38 heavy (non-hydrogen) atoms. The molecule has 202 valence electrons. The number of nitrogens with zero attached hydrogens (tertiary/aromatic N) is 4. The minimum Gasteiger partial charge on any atom is -0.497 e. The van der Waals surface area contributed by atoms with Crippen LogP contribution < -0.4 is 15.2 Å². The van der Waals surface area contributed by atoms with Crippen molar-refractivity contribution in [1.29, 1.82) is 0 Å². The van der Waals surface area contributed by atoms with Crippen LogP contribution in [0.15, 0.2) is 59.4 Å². The molecular formula is C29H35ClN4O4. The van der Waals surface area contributed by atoms with Gasteiger partial charge in [-0.05, 0) is 63.5 Å². The number of piperidine rings is 1. The summed E-state index contributed by atoms with van der Waals surface area (Å²) in [5.74, 6) is 0.947. The Morgan fingerprint density at radius 2 is 1.84 bits per heavy atom. The first-order valence-corrected chi connectivity index (χ1v) is 13.3. The topological polar surface area (TPSA) is 76.9 Å². The highest BCUT2D eigenvalue weighted by Gasteiger charge is 2.26. The van der Waals surface area contributed by atoms with Crippen LogP contribution >= 0.6 is 11.6 Å². The highest BCUT2D eigenvalue weighted by Crippen LogP contribution is 2.31. The average molecular weight is 539 g/mol. The molecule has 0 bridgehead atoms. The summed E-state index contributed by atoms with van der Waals surface area (Å²) in [5.41, 5.74) is 1.49. The number of carbonyl (C=O) groups excluding carboxylic acids is 1. The van der Waals surface area contributed by atoms with Crippen molar-refractivity contribution in [1.82, 2.24) is 14.5 Å². The van der Waals surface area contributed by atoms with Crippen LogP contribution in [0.25, 0.3) is 11.3 Å². The number of esters is 1. The summed E-state index contributed by atoms with van der Waals surface area (Å²) < 4.78 is 12.2. The van der Waals surface area contributed by atoms with Gasteiger partial charge in [-0.2, -0.15) is 0 Å². The van der Waals surface area contributed by atoms with Gasteiger partial charge in [-0.15, -0.1) is 0 Å². The van der Waals surface area contributed by atoms with Crippen LogP contribution in [0.4, 0.5) is 5.82 Å². The zero-order valence-electron chi connectivity index (χ0n) is 22.2. The second kappa shape index (κ2) is 12.9. The van der Waals surface area contributed by atoms with Crippen LogP contribution in [-0.2, 0) is 22.7 Å². The molecule has 4 rings (SSSR count). The van der Waals surface area contributed by atoms with E-state index in [4.69, 9.17) is 21.1 Å². The zero-order chi connectivity index (χ0) is 27.1. The molecule has 2 aromatic carbocycles. The Balaban J connectivity index is 1.62. The lowest BCUT2D eigenvalue weighted by atomic mass is 9.93. The third kappa shape index (κ3) is 6.94. The third-order valence-electron chi connectivity index (χ3n) is 6.88. The predicted molar refractivity (Wildman–Crippen MR) is 150 cm³/mol. The van der Waals surface area contributed by atoms with Gasteiger partial charge in [-0.3, -0.25) is 14.2 Å². The largest absolute Gasteiger partial charge is 0.497 e. The number of halogens is 1. The Labute approximate surface area is 228 Å². The summed E-state index contributed by atoms with van der Waals surface area (Å²) in [4.78, 5) is 35.5. The molecule has 0 spiro atoms. The van der Waals surface area contributed by atoms with Gasteiger partial charge in [0, 0.05) is 18.7 Å². The standard InChI is InChI=1S/C29H35ClN4O4/c1-32(2)15-12-21-13-16-33(17-14-21)28-29(36)34(19-25(35)38-20-22-8-5-4-6-9-22)26(27(30)31-28)23-10-7-11-24(18-23)37-3/h4-11,18,21H,12-17,19-20H2,1-3H3. The van der Waals surface area contributed by atoms with Crippen molar-refractivity contribution in [2.45, 2.75) is 32.4 Å². The van der Waals surface area contributed by atoms with E-state index in [0.29, 0.717) is 36.0 Å². The quantitative estimate of drug-likeness (QED) is 0.352. The van der Waals surface area contributed by atoms with Gasteiger partial charge in [-0.1, -0.05) is 54.1 Å². The third-order valence-corrected chi connectivity index (χ3v) is 7.14. The number of methoxy groups -OCH3 is 1. The first-order valence-electron chi connectivity index (χ1n) is 12.9. The van der Waals surface area contributed by atoms with Crippen molar-refractivity contribution in [3.05, 3.63) is 75.7 Å². The number of rotatable bonds is 10. The van der Waals surface area contributed by atoms with E-state index in [1.165, 1.54) is 4.57 Å². The molecule has 1 saturated heterocycles. The number of hydrogen-bond donors (Lipinski definition) is 0. The van der Waals surface area contributed by atoms with E-state index < -0.39 is 5.97 Å². The van der Waals surface area contributed by atoms with Crippen molar-refractivity contribution in [3.63, 3.8) is 0 Å². The Kier molecular flexibility index (Phi) is 9.42. The Morgan fingerprint density at radius 1 is 1.11 bits per heavy atom. The molecule has 1 fully saturated rings. The second-order valence-electron chi connectivity index (χ2n) is 9.87. The normalized spacial score (nSPS) is 14.1. The number of ether oxygens (including phenoxy) is 2. The van der Waals surface area contributed by atoms with Gasteiger partial charge in [0.2, 0.25) is 0 Å². The van der Waals surface area contributed by atoms with E-state index >= 15 is 0 Å². The average Bonchev–Trinajstić information content (AvgIpc) is 2.93. The predicted octanol–water partition coefficient (Wildman–Crippen LogP) is 4.48. The molecule has 8 nitrogen and oxygen atoms in total. The molecular weight excluding hydrogens is 504 g/mol. The Bertz CT molecular complexity index is 1290. The van der Waals surface area contributed by atoms with E-state index in [2.05, 4.69) is 24.0 Å². The minimum absolute atomic E-state index is 0.120. The van der Waals surface area contributed by atoms with Crippen LogP contribution in [-0.4, -0.2) is 61.3 Å². The maximum absolute atomic E-state index is 13.8. The fraction of sp³-hybridized carbons (Fsp3) is 0.414. The molecule has 9 heteroatoms. The van der Waals surface area contributed by atoms with Gasteiger partial charge in [0.25, 0.3) is 5.56 Å². The molecule has 0 unspecified atom stereocenters. The maximum atomic E-state index is 13.8. The number of carbonyl (C=O) groups is 1. The molecule has 0 amide bonds. The summed E-state index contributed by atoms with van der Waals surface area (Å²) >= 11 is 6.73. The lowest BCUT2D eigenvalue weighted by Crippen LogP contribution is -2.40. The van der Waals surface area contributed by atoms with Gasteiger partial charge >= 0.3 is 5.97 Å². The second-order valence-corrected chi connectivity index (χ2v) is 10.2. The van der Waals surface area contributed by atoms with E-state index in [1.54, 1.807) is 25.3 Å². The van der Waals surface area contributed by atoms with Crippen molar-refractivity contribution >= 4 is 23.4 Å². The number of benzene rings is 2. The zero-order valence-corrected chi connectivity index (χ0v) is 23.0. The first-order chi connectivity index (χ1) is 18.4. The molecule has 3 aromatic rings. The smallest absolute Gasteiger partial charge is 0.326 e. The molecule has 1 aromatic heterocycles. The molecule has 0 aliphatic carbocycles. The monoisotopic (exact) mass is 538 g/mol. The number of hydrogen-bond acceptors (Lipinski definition) is 7. The van der Waals surface area contributed by atoms with Crippen LogP contribution in [0.1, 0.15) is 24.8 Å². The molecule has 0 saturated carbocycles. The van der Waals surface area contributed by atoms with Crippen molar-refractivity contribution < 1.29 is 14.3 Å². The molecule has 2 heterocycles. The fourth-order valence-corrected chi connectivity index (χ4v) is 5.01. The van der Waals surface area contributed by atoms with E-state index in [1.807, 2.05) is 41.3 Å². The lowest BCUT2D eigenvalue weighted by molar-refractivity contribution is -0.145. The minimum atomic E-state index is -0.532. The fourth-order valence-electron chi connectivity index (χ4n) is 4.72. The summed E-state index contributed by atoms with van der Waals surface area (Å²) in [6, 6.07) is 16.6. The van der Waals surface area contributed by atoms with Crippen molar-refractivity contribution in [2.75, 3.05) is 45.7 Å². The van der Waals surface area contributed by atoms with Crippen LogP contribution in [0.2, 0.25) is 5.15 Å². The first kappa shape index (κ1) is 27.7. The number of aromatic nitrogens is 2. The Morgan fingerprint density at radius 3 is 2.53 bits per heavy atom. The summed E-state index contributed by atoms with van der Waals surface area (Å²) in [6.07, 6.45) is 3.08. The molecule has 0 atom stereocenters. The van der Waals surface area contributed by atoms with Crippen molar-refractivity contribution in [3.8, 4) is 17.0 Å². The highest BCUT2D eigenvalue weighted by molar-refractivity contribution is 6.32. The van der Waals surface area contributed by atoms with Gasteiger partial charge in [0.1, 0.15) is 18.9 Å². The van der Waals surface area contributed by atoms with E-state index in [0.717, 1.165) is 31.4 Å². The SMILES string of the molecule is COc1cccc(-c2c(Cl)nc(N3CCC(CCN(C)C)CC3)c(=O)n2CC(=O)OCc2ccccc2)c1. The molecule has 0 radical (unpaired) electrons. The maximum Gasteiger partial charge on any atom is 0.326 e.